The number of hydrogen-bond donors (Lipinski definition) is 2. The molecule has 0 bridgehead atoms. The Morgan fingerprint density at radius 3 is 2.50 bits per heavy atom. The van der Waals surface area contributed by atoms with E-state index in [0.717, 1.165) is 35.8 Å². The molecule has 2 saturated carbocycles. The Morgan fingerprint density at radius 2 is 1.87 bits per heavy atom. The minimum absolute atomic E-state index is 0.0668. The van der Waals surface area contributed by atoms with E-state index in [4.69, 9.17) is 13.9 Å². The van der Waals surface area contributed by atoms with Crippen LogP contribution in [0.4, 0.5) is 0 Å². The van der Waals surface area contributed by atoms with Crippen molar-refractivity contribution in [1.82, 2.24) is 19.4 Å². The van der Waals surface area contributed by atoms with Crippen molar-refractivity contribution in [3.63, 3.8) is 0 Å². The lowest BCUT2D eigenvalue weighted by molar-refractivity contribution is -0.129. The average molecular weight is 651 g/mol. The SMILES string of the molecule is COc1ccccc1C(Cn1c(=O)n(C(C)(C)C(=O)NC(C)C)c(=O)c2c(C)c(-c3ncco3)sc21)O[C@H]1CC2C[C@@H](O)C[C@H]2C1. The van der Waals surface area contributed by atoms with Crippen LogP contribution < -0.4 is 21.3 Å². The quantitative estimate of drug-likeness (QED) is 0.251. The van der Waals surface area contributed by atoms with Crippen LogP contribution in [0.2, 0.25) is 0 Å². The van der Waals surface area contributed by atoms with Crippen LogP contribution in [0.15, 0.2) is 50.7 Å². The van der Waals surface area contributed by atoms with E-state index in [1.54, 1.807) is 32.4 Å². The first-order chi connectivity index (χ1) is 21.9. The number of methoxy groups -OCH3 is 1. The lowest BCUT2D eigenvalue weighted by Crippen LogP contribution is -2.56. The van der Waals surface area contributed by atoms with Gasteiger partial charge in [0.25, 0.3) is 5.56 Å². The number of hydrogen-bond acceptors (Lipinski definition) is 9. The van der Waals surface area contributed by atoms with E-state index in [1.807, 2.05) is 38.1 Å². The molecule has 0 saturated heterocycles. The molecule has 1 amide bonds. The summed E-state index contributed by atoms with van der Waals surface area (Å²) in [5.41, 5.74) is -1.28. The van der Waals surface area contributed by atoms with Crippen LogP contribution in [-0.2, 0) is 21.6 Å². The lowest BCUT2D eigenvalue weighted by Gasteiger charge is -2.29. The summed E-state index contributed by atoms with van der Waals surface area (Å²) in [7, 11) is 1.60. The number of rotatable bonds is 10. The van der Waals surface area contributed by atoms with Gasteiger partial charge in [0.2, 0.25) is 11.8 Å². The highest BCUT2D eigenvalue weighted by Crippen LogP contribution is 2.47. The van der Waals surface area contributed by atoms with Gasteiger partial charge in [0, 0.05) is 11.6 Å². The van der Waals surface area contributed by atoms with Crippen LogP contribution in [0.25, 0.3) is 21.0 Å². The number of oxazole rings is 1. The fourth-order valence-corrected chi connectivity index (χ4v) is 8.51. The van der Waals surface area contributed by atoms with Crippen LogP contribution in [0.3, 0.4) is 0 Å². The van der Waals surface area contributed by atoms with Crippen molar-refractivity contribution in [2.24, 2.45) is 11.8 Å². The van der Waals surface area contributed by atoms with E-state index in [-0.39, 0.29) is 24.8 Å². The van der Waals surface area contributed by atoms with E-state index in [2.05, 4.69) is 10.3 Å². The number of aliphatic hydroxyl groups is 1. The summed E-state index contributed by atoms with van der Waals surface area (Å²) in [5.74, 6) is 1.33. The van der Waals surface area contributed by atoms with Gasteiger partial charge >= 0.3 is 5.69 Å². The van der Waals surface area contributed by atoms with Crippen LogP contribution in [0.5, 0.6) is 5.75 Å². The van der Waals surface area contributed by atoms with Crippen molar-refractivity contribution in [1.29, 1.82) is 0 Å². The third-order valence-corrected chi connectivity index (χ3v) is 10.8. The topological polar surface area (TPSA) is 138 Å². The highest BCUT2D eigenvalue weighted by molar-refractivity contribution is 7.22. The maximum absolute atomic E-state index is 14.6. The summed E-state index contributed by atoms with van der Waals surface area (Å²) in [6, 6.07) is 7.39. The Kier molecular flexibility index (Phi) is 8.73. The van der Waals surface area contributed by atoms with E-state index in [9.17, 15) is 19.5 Å². The molecule has 6 rings (SSSR count). The number of carbonyl (C=O) groups is 1. The number of para-hydroxylation sites is 1. The lowest BCUT2D eigenvalue weighted by atomic mass is 10.0. The largest absolute Gasteiger partial charge is 0.496 e. The zero-order valence-corrected chi connectivity index (χ0v) is 27.9. The zero-order valence-electron chi connectivity index (χ0n) is 27.1. The molecule has 2 fully saturated rings. The second-order valence-electron chi connectivity index (χ2n) is 13.4. The average Bonchev–Trinajstić information content (AvgIpc) is 3.78. The number of carbonyl (C=O) groups excluding carboxylic acids is 1. The summed E-state index contributed by atoms with van der Waals surface area (Å²) >= 11 is 1.26. The number of ether oxygens (including phenoxy) is 2. The fraction of sp³-hybridized carbons (Fsp3) is 0.529. The summed E-state index contributed by atoms with van der Waals surface area (Å²) < 4.78 is 20.8. The first-order valence-electron chi connectivity index (χ1n) is 15.9. The molecular formula is C34H42N4O7S. The van der Waals surface area contributed by atoms with Crippen molar-refractivity contribution >= 4 is 27.5 Å². The number of nitrogens with one attached hydrogen (secondary N) is 1. The molecule has 0 aliphatic heterocycles. The highest BCUT2D eigenvalue weighted by Gasteiger charge is 2.43. The number of thiophene rings is 1. The molecule has 3 heterocycles. The molecule has 2 aliphatic rings. The normalized spacial score (nSPS) is 22.0. The second-order valence-corrected chi connectivity index (χ2v) is 14.4. The number of aromatic nitrogens is 3. The van der Waals surface area contributed by atoms with Crippen molar-refractivity contribution < 1.29 is 23.8 Å². The smallest absolute Gasteiger partial charge is 0.333 e. The Balaban J connectivity index is 1.52. The summed E-state index contributed by atoms with van der Waals surface area (Å²) in [6.07, 6.45) is 5.26. The molecule has 246 valence electrons. The van der Waals surface area contributed by atoms with Gasteiger partial charge in [-0.3, -0.25) is 14.2 Å². The van der Waals surface area contributed by atoms with E-state index in [0.29, 0.717) is 44.1 Å². The number of amides is 1. The minimum atomic E-state index is -1.50. The van der Waals surface area contributed by atoms with Crippen molar-refractivity contribution in [3.8, 4) is 16.5 Å². The first kappa shape index (κ1) is 32.2. The number of aliphatic hydroxyl groups excluding tert-OH is 1. The van der Waals surface area contributed by atoms with Crippen LogP contribution >= 0.6 is 11.3 Å². The van der Waals surface area contributed by atoms with Gasteiger partial charge in [-0.25, -0.2) is 14.3 Å². The Labute approximate surface area is 271 Å². The molecule has 5 atom stereocenters. The summed E-state index contributed by atoms with van der Waals surface area (Å²) in [5, 5.41) is 13.4. The molecule has 2 N–H and O–H groups in total. The van der Waals surface area contributed by atoms with Gasteiger partial charge in [0.05, 0.1) is 42.3 Å². The van der Waals surface area contributed by atoms with E-state index in [1.165, 1.54) is 23.8 Å². The highest BCUT2D eigenvalue weighted by atomic mass is 32.1. The number of benzene rings is 1. The van der Waals surface area contributed by atoms with Gasteiger partial charge < -0.3 is 24.3 Å². The molecule has 0 radical (unpaired) electrons. The molecule has 2 unspecified atom stereocenters. The third-order valence-electron chi connectivity index (χ3n) is 9.51. The van der Waals surface area contributed by atoms with Gasteiger partial charge in [-0.2, -0.15) is 0 Å². The number of fused-ring (bicyclic) bond motifs is 2. The molecule has 2 aliphatic carbocycles. The first-order valence-corrected chi connectivity index (χ1v) is 16.7. The summed E-state index contributed by atoms with van der Waals surface area (Å²) in [4.78, 5) is 47.7. The number of nitrogens with zero attached hydrogens (tertiary/aromatic N) is 3. The summed E-state index contributed by atoms with van der Waals surface area (Å²) in [6.45, 7) is 8.70. The molecule has 3 aromatic heterocycles. The predicted molar refractivity (Wildman–Crippen MR) is 175 cm³/mol. The predicted octanol–water partition coefficient (Wildman–Crippen LogP) is 4.76. The van der Waals surface area contributed by atoms with E-state index < -0.39 is 28.8 Å². The molecule has 4 aromatic rings. The molecule has 1 aromatic carbocycles. The van der Waals surface area contributed by atoms with Crippen molar-refractivity contribution in [3.05, 3.63) is 68.7 Å². The molecular weight excluding hydrogens is 608 g/mol. The number of aryl methyl sites for hydroxylation is 1. The van der Waals surface area contributed by atoms with Crippen LogP contribution in [-0.4, -0.2) is 50.5 Å². The maximum Gasteiger partial charge on any atom is 0.333 e. The molecule has 12 heteroatoms. The maximum atomic E-state index is 14.6. The van der Waals surface area contributed by atoms with E-state index >= 15 is 0 Å². The molecule has 0 spiro atoms. The van der Waals surface area contributed by atoms with Gasteiger partial charge in [0.15, 0.2) is 0 Å². The Morgan fingerprint density at radius 1 is 1.17 bits per heavy atom. The zero-order chi connectivity index (χ0) is 32.9. The monoisotopic (exact) mass is 650 g/mol. The Bertz CT molecular complexity index is 1840. The minimum Gasteiger partial charge on any atom is -0.496 e. The van der Waals surface area contributed by atoms with Crippen LogP contribution in [0.1, 0.15) is 70.6 Å². The van der Waals surface area contributed by atoms with Gasteiger partial charge in [-0.1, -0.05) is 18.2 Å². The van der Waals surface area contributed by atoms with Gasteiger partial charge in [-0.05, 0) is 83.8 Å². The van der Waals surface area contributed by atoms with Crippen molar-refractivity contribution in [2.75, 3.05) is 7.11 Å². The molecule has 46 heavy (non-hydrogen) atoms. The van der Waals surface area contributed by atoms with Gasteiger partial charge in [0.1, 0.15) is 28.5 Å². The molecule has 11 nitrogen and oxygen atoms in total. The third kappa shape index (κ3) is 5.71. The fourth-order valence-electron chi connectivity index (χ4n) is 7.27. The second kappa shape index (κ2) is 12.5. The van der Waals surface area contributed by atoms with Crippen LogP contribution in [0, 0.1) is 18.8 Å². The van der Waals surface area contributed by atoms with Crippen molar-refractivity contribution in [2.45, 2.75) is 96.7 Å². The standard InChI is InChI=1S/C34H42N4O7S/c1-18(2)36-32(41)34(4,5)38-30(40)27-19(3)28(29-35-11-12-44-29)46-31(27)37(33(38)42)17-26(24-9-7-8-10-25(24)43-6)45-23-15-20-13-22(39)14-21(20)16-23/h7-12,18,20-23,26,39H,13-17H2,1-6H3,(H,36,41)/t20-,21?,22-,23+,26?/m0/s1. The Hall–Kier alpha value is -3.74. The van der Waals surface area contributed by atoms with Gasteiger partial charge in [-0.15, -0.1) is 11.3 Å².